The first-order valence-corrected chi connectivity index (χ1v) is 11.5. The molecule has 2 N–H and O–H groups in total. The molecule has 1 saturated carbocycles. The average molecular weight is 433 g/mol. The van der Waals surface area contributed by atoms with Crippen LogP contribution in [0.3, 0.4) is 0 Å². The first kappa shape index (κ1) is 22.1. The van der Waals surface area contributed by atoms with Crippen molar-refractivity contribution in [3.8, 4) is 11.5 Å². The smallest absolute Gasteiger partial charge is 0.258 e. The van der Waals surface area contributed by atoms with E-state index in [1.165, 1.54) is 12.1 Å². The molecule has 0 unspecified atom stereocenters. The van der Waals surface area contributed by atoms with Gasteiger partial charge in [-0.25, -0.2) is 13.1 Å². The number of sulfonamides is 1. The van der Waals surface area contributed by atoms with E-state index in [4.69, 9.17) is 9.47 Å². The minimum absolute atomic E-state index is 0.0138. The second-order valence-electron chi connectivity index (χ2n) is 7.39. The summed E-state index contributed by atoms with van der Waals surface area (Å²) < 4.78 is 38.5. The summed E-state index contributed by atoms with van der Waals surface area (Å²) in [6.45, 7) is 1.69. The molecule has 0 aliphatic heterocycles. The maximum atomic E-state index is 12.4. The number of rotatable bonds is 9. The summed E-state index contributed by atoms with van der Waals surface area (Å²) in [5, 5.41) is 2.87. The van der Waals surface area contributed by atoms with Gasteiger partial charge in [0.25, 0.3) is 5.91 Å². The molecule has 1 aliphatic carbocycles. The Labute approximate surface area is 177 Å². The summed E-state index contributed by atoms with van der Waals surface area (Å²) in [5.74, 6) is 0.845. The number of benzene rings is 2. The zero-order valence-corrected chi connectivity index (χ0v) is 18.1. The molecule has 162 valence electrons. The summed E-state index contributed by atoms with van der Waals surface area (Å²) in [6.07, 6.45) is 3.86. The lowest BCUT2D eigenvalue weighted by Gasteiger charge is -2.17. The molecule has 0 aromatic heterocycles. The highest BCUT2D eigenvalue weighted by atomic mass is 32.2. The van der Waals surface area contributed by atoms with Gasteiger partial charge in [-0.2, -0.15) is 0 Å². The van der Waals surface area contributed by atoms with Crippen molar-refractivity contribution in [2.45, 2.75) is 49.6 Å². The minimum Gasteiger partial charge on any atom is -0.496 e. The highest BCUT2D eigenvalue weighted by Gasteiger charge is 2.23. The molecule has 1 atom stereocenters. The maximum Gasteiger partial charge on any atom is 0.258 e. The molecule has 3 rings (SSSR count). The molecular weight excluding hydrogens is 404 g/mol. The Kier molecular flexibility index (Phi) is 7.33. The Morgan fingerprint density at radius 1 is 1.10 bits per heavy atom. The van der Waals surface area contributed by atoms with Gasteiger partial charge in [0, 0.05) is 11.6 Å². The van der Waals surface area contributed by atoms with E-state index in [2.05, 4.69) is 10.0 Å². The Morgan fingerprint density at radius 3 is 2.43 bits per heavy atom. The van der Waals surface area contributed by atoms with Crippen LogP contribution in [0, 0.1) is 0 Å². The zero-order valence-electron chi connectivity index (χ0n) is 17.3. The Bertz CT molecular complexity index is 954. The normalized spacial score (nSPS) is 15.5. The topological polar surface area (TPSA) is 93.7 Å². The highest BCUT2D eigenvalue weighted by molar-refractivity contribution is 7.89. The van der Waals surface area contributed by atoms with Gasteiger partial charge in [-0.1, -0.05) is 31.0 Å². The summed E-state index contributed by atoms with van der Waals surface area (Å²) in [5.41, 5.74) is 0.873. The molecule has 2 aromatic rings. The lowest BCUT2D eigenvalue weighted by atomic mass is 10.1. The third kappa shape index (κ3) is 5.73. The number of methoxy groups -OCH3 is 1. The first-order valence-electron chi connectivity index (χ1n) is 10.1. The standard InChI is InChI=1S/C22H28N2O5S/c1-16(20-9-5-6-10-21(20)28-2)23-22(25)15-29-18-11-13-19(14-12-18)30(26,27)24-17-7-3-4-8-17/h5-6,9-14,16-17,24H,3-4,7-8,15H2,1-2H3,(H,23,25)/t16-/m1/s1. The van der Waals surface area contributed by atoms with Crippen molar-refractivity contribution in [2.75, 3.05) is 13.7 Å². The first-order chi connectivity index (χ1) is 14.4. The van der Waals surface area contributed by atoms with E-state index in [9.17, 15) is 13.2 Å². The molecule has 0 heterocycles. The van der Waals surface area contributed by atoms with Crippen molar-refractivity contribution in [1.82, 2.24) is 10.0 Å². The van der Waals surface area contributed by atoms with Gasteiger partial charge in [0.1, 0.15) is 11.5 Å². The summed E-state index contributed by atoms with van der Waals surface area (Å²) in [7, 11) is -1.95. The van der Waals surface area contributed by atoms with Crippen molar-refractivity contribution in [3.05, 3.63) is 54.1 Å². The number of para-hydroxylation sites is 1. The van der Waals surface area contributed by atoms with Gasteiger partial charge < -0.3 is 14.8 Å². The second-order valence-corrected chi connectivity index (χ2v) is 9.11. The summed E-state index contributed by atoms with van der Waals surface area (Å²) in [4.78, 5) is 12.4. The van der Waals surface area contributed by atoms with Gasteiger partial charge in [0.15, 0.2) is 6.61 Å². The summed E-state index contributed by atoms with van der Waals surface area (Å²) in [6, 6.07) is 13.3. The van der Waals surface area contributed by atoms with Gasteiger partial charge >= 0.3 is 0 Å². The number of hydrogen-bond acceptors (Lipinski definition) is 5. The third-order valence-electron chi connectivity index (χ3n) is 5.16. The minimum atomic E-state index is -3.54. The largest absolute Gasteiger partial charge is 0.496 e. The van der Waals surface area contributed by atoms with Gasteiger partial charge in [-0.05, 0) is 50.1 Å². The van der Waals surface area contributed by atoms with Crippen LogP contribution in [0.4, 0.5) is 0 Å². The lowest BCUT2D eigenvalue weighted by Crippen LogP contribution is -2.32. The molecule has 1 aliphatic rings. The van der Waals surface area contributed by atoms with Crippen molar-refractivity contribution in [3.63, 3.8) is 0 Å². The fourth-order valence-electron chi connectivity index (χ4n) is 3.58. The van der Waals surface area contributed by atoms with Crippen LogP contribution in [0.15, 0.2) is 53.4 Å². The van der Waals surface area contributed by atoms with Crippen molar-refractivity contribution in [2.24, 2.45) is 0 Å². The molecule has 2 aromatic carbocycles. The molecule has 1 amide bonds. The number of carbonyl (C=O) groups excluding carboxylic acids is 1. The highest BCUT2D eigenvalue weighted by Crippen LogP contribution is 2.24. The molecule has 1 fully saturated rings. The number of hydrogen-bond donors (Lipinski definition) is 2. The SMILES string of the molecule is COc1ccccc1[C@@H](C)NC(=O)COc1ccc(S(=O)(=O)NC2CCCC2)cc1. The van der Waals surface area contributed by atoms with Gasteiger partial charge in [-0.15, -0.1) is 0 Å². The predicted molar refractivity (Wildman–Crippen MR) is 114 cm³/mol. The number of ether oxygens (including phenoxy) is 2. The number of amides is 1. The molecule has 7 nitrogen and oxygen atoms in total. The van der Waals surface area contributed by atoms with E-state index >= 15 is 0 Å². The van der Waals surface area contributed by atoms with Crippen molar-refractivity contribution in [1.29, 1.82) is 0 Å². The molecule has 8 heteroatoms. The van der Waals surface area contributed by atoms with Gasteiger partial charge in [-0.3, -0.25) is 4.79 Å². The summed E-state index contributed by atoms with van der Waals surface area (Å²) >= 11 is 0. The van der Waals surface area contributed by atoms with Crippen LogP contribution < -0.4 is 19.5 Å². The lowest BCUT2D eigenvalue weighted by molar-refractivity contribution is -0.123. The van der Waals surface area contributed by atoms with Crippen molar-refractivity contribution < 1.29 is 22.7 Å². The zero-order chi connectivity index (χ0) is 21.6. The quantitative estimate of drug-likeness (QED) is 0.635. The van der Waals surface area contributed by atoms with Crippen LogP contribution in [0.25, 0.3) is 0 Å². The third-order valence-corrected chi connectivity index (χ3v) is 6.70. The number of carbonyl (C=O) groups is 1. The Balaban J connectivity index is 1.52. The second kappa shape index (κ2) is 9.95. The van der Waals surface area contributed by atoms with E-state index in [0.29, 0.717) is 11.5 Å². The van der Waals surface area contributed by atoms with E-state index in [1.807, 2.05) is 31.2 Å². The number of nitrogens with one attached hydrogen (secondary N) is 2. The Hall–Kier alpha value is -2.58. The van der Waals surface area contributed by atoms with E-state index < -0.39 is 10.0 Å². The van der Waals surface area contributed by atoms with Gasteiger partial charge in [0.2, 0.25) is 10.0 Å². The van der Waals surface area contributed by atoms with Crippen LogP contribution >= 0.6 is 0 Å². The van der Waals surface area contributed by atoms with E-state index in [-0.39, 0.29) is 29.5 Å². The van der Waals surface area contributed by atoms with Crippen LogP contribution in [0.1, 0.15) is 44.2 Å². The van der Waals surface area contributed by atoms with Gasteiger partial charge in [0.05, 0.1) is 18.0 Å². The van der Waals surface area contributed by atoms with Crippen LogP contribution in [-0.4, -0.2) is 34.1 Å². The average Bonchev–Trinajstić information content (AvgIpc) is 3.24. The van der Waals surface area contributed by atoms with Crippen LogP contribution in [0.5, 0.6) is 11.5 Å². The molecule has 0 spiro atoms. The predicted octanol–water partition coefficient (Wildman–Crippen LogP) is 3.17. The molecule has 30 heavy (non-hydrogen) atoms. The van der Waals surface area contributed by atoms with E-state index in [0.717, 1.165) is 31.2 Å². The Morgan fingerprint density at radius 2 is 1.77 bits per heavy atom. The molecule has 0 bridgehead atoms. The van der Waals surface area contributed by atoms with Crippen LogP contribution in [-0.2, 0) is 14.8 Å². The van der Waals surface area contributed by atoms with E-state index in [1.54, 1.807) is 19.2 Å². The molecule has 0 saturated heterocycles. The van der Waals surface area contributed by atoms with Crippen molar-refractivity contribution >= 4 is 15.9 Å². The monoisotopic (exact) mass is 432 g/mol. The fraction of sp³-hybridized carbons (Fsp3) is 0.409. The van der Waals surface area contributed by atoms with Crippen LogP contribution in [0.2, 0.25) is 0 Å². The molecular formula is C22H28N2O5S. The fourth-order valence-corrected chi connectivity index (χ4v) is 4.89. The maximum absolute atomic E-state index is 12.4. The molecule has 0 radical (unpaired) electrons.